The largest absolute Gasteiger partial charge is 0.436 e. The van der Waals surface area contributed by atoms with Crippen LogP contribution in [0.2, 0.25) is 0 Å². The minimum Gasteiger partial charge on any atom is -0.436 e. The van der Waals surface area contributed by atoms with Gasteiger partial charge < -0.3 is 9.73 Å². The molecule has 0 fully saturated rings. The van der Waals surface area contributed by atoms with E-state index in [9.17, 15) is 4.79 Å². The molecule has 0 aliphatic heterocycles. The lowest BCUT2D eigenvalue weighted by Crippen LogP contribution is -2.11. The third kappa shape index (κ3) is 4.10. The highest BCUT2D eigenvalue weighted by Gasteiger charge is 2.11. The number of rotatable bonds is 5. The van der Waals surface area contributed by atoms with Crippen LogP contribution in [0, 0.1) is 0 Å². The van der Waals surface area contributed by atoms with Crippen LogP contribution in [0.1, 0.15) is 24.2 Å². The van der Waals surface area contributed by atoms with Crippen molar-refractivity contribution in [3.05, 3.63) is 78.4 Å². The molecule has 0 saturated heterocycles. The summed E-state index contributed by atoms with van der Waals surface area (Å²) in [7, 11) is 0. The van der Waals surface area contributed by atoms with Gasteiger partial charge in [0.1, 0.15) is 5.52 Å². The van der Waals surface area contributed by atoms with Crippen LogP contribution in [-0.4, -0.2) is 16.1 Å². The number of oxazole rings is 1. The summed E-state index contributed by atoms with van der Waals surface area (Å²) in [6.07, 6.45) is 0. The second-order valence-corrected chi connectivity index (χ2v) is 8.37. The number of nitrogens with zero attached hydrogens (tertiary/aromatic N) is 1. The van der Waals surface area contributed by atoms with Crippen LogP contribution in [-0.2, 0) is 0 Å². The van der Waals surface area contributed by atoms with Crippen molar-refractivity contribution in [3.63, 3.8) is 0 Å². The second kappa shape index (κ2) is 7.90. The fraction of sp³-hybridized carbons (Fsp3) is 0.130. The molecule has 0 spiro atoms. The van der Waals surface area contributed by atoms with Gasteiger partial charge in [-0.25, -0.2) is 4.98 Å². The molecular formula is C23H20N2O2S. The number of hydrogen-bond donors (Lipinski definition) is 1. The summed E-state index contributed by atoms with van der Waals surface area (Å²) in [6.45, 7) is 4.27. The number of thioether (sulfide) groups is 1. The maximum absolute atomic E-state index is 12.7. The van der Waals surface area contributed by atoms with E-state index in [2.05, 4.69) is 24.1 Å². The van der Waals surface area contributed by atoms with Crippen LogP contribution in [0.3, 0.4) is 0 Å². The number of fused-ring (bicyclic) bond motifs is 1. The molecule has 140 valence electrons. The van der Waals surface area contributed by atoms with Crippen LogP contribution in [0.15, 0.2) is 82.1 Å². The van der Waals surface area contributed by atoms with Gasteiger partial charge in [0, 0.05) is 27.0 Å². The SMILES string of the molecule is CC(C)Sc1cccc(C(=O)Nc2cccc(-c3nc4ccccc4o3)c2)c1. The Balaban J connectivity index is 1.55. The van der Waals surface area contributed by atoms with Crippen LogP contribution in [0.5, 0.6) is 0 Å². The van der Waals surface area contributed by atoms with Crippen molar-refractivity contribution in [2.45, 2.75) is 24.0 Å². The quantitative estimate of drug-likeness (QED) is 0.411. The average Bonchev–Trinajstić information content (AvgIpc) is 3.12. The van der Waals surface area contributed by atoms with Crippen LogP contribution < -0.4 is 5.32 Å². The van der Waals surface area contributed by atoms with Gasteiger partial charge in [-0.2, -0.15) is 0 Å². The molecule has 3 aromatic carbocycles. The van der Waals surface area contributed by atoms with Crippen molar-refractivity contribution in [3.8, 4) is 11.5 Å². The first-order valence-corrected chi connectivity index (χ1v) is 10.0. The van der Waals surface area contributed by atoms with E-state index in [1.807, 2.05) is 72.8 Å². The van der Waals surface area contributed by atoms with Crippen molar-refractivity contribution >= 4 is 34.5 Å². The third-order valence-electron chi connectivity index (χ3n) is 4.13. The molecule has 0 saturated carbocycles. The van der Waals surface area contributed by atoms with Gasteiger partial charge in [-0.05, 0) is 48.5 Å². The fourth-order valence-electron chi connectivity index (χ4n) is 2.91. The Bertz CT molecular complexity index is 1100. The molecule has 1 aromatic heterocycles. The minimum absolute atomic E-state index is 0.138. The number of anilines is 1. The van der Waals surface area contributed by atoms with Gasteiger partial charge in [-0.3, -0.25) is 4.79 Å². The number of aromatic nitrogens is 1. The van der Waals surface area contributed by atoms with Crippen LogP contribution in [0.25, 0.3) is 22.6 Å². The van der Waals surface area contributed by atoms with Crippen molar-refractivity contribution in [2.75, 3.05) is 5.32 Å². The first-order valence-electron chi connectivity index (χ1n) is 9.12. The van der Waals surface area contributed by atoms with Crippen molar-refractivity contribution in [2.24, 2.45) is 0 Å². The highest BCUT2D eigenvalue weighted by atomic mass is 32.2. The van der Waals surface area contributed by atoms with Gasteiger partial charge in [0.2, 0.25) is 5.89 Å². The van der Waals surface area contributed by atoms with Crippen LogP contribution in [0.4, 0.5) is 5.69 Å². The number of carbonyl (C=O) groups is 1. The van der Waals surface area contributed by atoms with E-state index in [0.717, 1.165) is 21.6 Å². The zero-order chi connectivity index (χ0) is 19.5. The maximum atomic E-state index is 12.7. The summed E-state index contributed by atoms with van der Waals surface area (Å²) < 4.78 is 5.82. The molecule has 4 nitrogen and oxygen atoms in total. The summed E-state index contributed by atoms with van der Waals surface area (Å²) in [5, 5.41) is 3.43. The maximum Gasteiger partial charge on any atom is 0.255 e. The molecule has 28 heavy (non-hydrogen) atoms. The first-order chi connectivity index (χ1) is 13.6. The Morgan fingerprint density at radius 1 is 1.00 bits per heavy atom. The molecule has 0 aliphatic rings. The number of amides is 1. The lowest BCUT2D eigenvalue weighted by Gasteiger charge is -2.09. The average molecular weight is 388 g/mol. The van der Waals surface area contributed by atoms with Crippen LogP contribution >= 0.6 is 11.8 Å². The van der Waals surface area contributed by atoms with E-state index in [1.165, 1.54) is 0 Å². The Kier molecular flexibility index (Phi) is 5.17. The van der Waals surface area contributed by atoms with E-state index in [1.54, 1.807) is 11.8 Å². The van der Waals surface area contributed by atoms with Gasteiger partial charge in [0.05, 0.1) is 0 Å². The Hall–Kier alpha value is -3.05. The standard InChI is InChI=1S/C23H20N2O2S/c1-15(2)28-19-10-6-7-16(14-19)22(26)24-18-9-5-8-17(13-18)23-25-20-11-3-4-12-21(20)27-23/h3-15H,1-2H3,(H,24,26). The fourth-order valence-corrected chi connectivity index (χ4v) is 3.81. The molecule has 0 bridgehead atoms. The molecule has 1 N–H and O–H groups in total. The smallest absolute Gasteiger partial charge is 0.255 e. The van der Waals surface area contributed by atoms with E-state index in [0.29, 0.717) is 22.4 Å². The summed E-state index contributed by atoms with van der Waals surface area (Å²) in [4.78, 5) is 18.3. The highest BCUT2D eigenvalue weighted by molar-refractivity contribution is 7.99. The predicted octanol–water partition coefficient (Wildman–Crippen LogP) is 6.25. The van der Waals surface area contributed by atoms with Gasteiger partial charge in [0.25, 0.3) is 5.91 Å². The number of hydrogen-bond acceptors (Lipinski definition) is 4. The van der Waals surface area contributed by atoms with E-state index >= 15 is 0 Å². The zero-order valence-corrected chi connectivity index (χ0v) is 16.5. The van der Waals surface area contributed by atoms with E-state index < -0.39 is 0 Å². The Labute approximate surface area is 168 Å². The molecule has 4 aromatic rings. The van der Waals surface area contributed by atoms with Gasteiger partial charge in [-0.1, -0.05) is 38.1 Å². The normalized spacial score (nSPS) is 11.1. The predicted molar refractivity (Wildman–Crippen MR) is 115 cm³/mol. The van der Waals surface area contributed by atoms with E-state index in [-0.39, 0.29) is 5.91 Å². The van der Waals surface area contributed by atoms with Crippen molar-refractivity contribution in [1.29, 1.82) is 0 Å². The summed E-state index contributed by atoms with van der Waals surface area (Å²) >= 11 is 1.74. The number of benzene rings is 3. The number of carbonyl (C=O) groups excluding carboxylic acids is 1. The lowest BCUT2D eigenvalue weighted by atomic mass is 10.1. The van der Waals surface area contributed by atoms with Crippen molar-refractivity contribution < 1.29 is 9.21 Å². The molecule has 0 atom stereocenters. The third-order valence-corrected chi connectivity index (χ3v) is 5.13. The summed E-state index contributed by atoms with van der Waals surface area (Å²) in [5.74, 6) is 0.397. The number of para-hydroxylation sites is 2. The monoisotopic (exact) mass is 388 g/mol. The first kappa shape index (κ1) is 18.3. The Morgan fingerprint density at radius 2 is 1.82 bits per heavy atom. The van der Waals surface area contributed by atoms with Gasteiger partial charge in [0.15, 0.2) is 5.58 Å². The lowest BCUT2D eigenvalue weighted by molar-refractivity contribution is 0.102. The molecule has 1 amide bonds. The van der Waals surface area contributed by atoms with Gasteiger partial charge >= 0.3 is 0 Å². The second-order valence-electron chi connectivity index (χ2n) is 6.72. The Morgan fingerprint density at radius 3 is 2.64 bits per heavy atom. The molecule has 5 heteroatoms. The topological polar surface area (TPSA) is 55.1 Å². The molecule has 0 radical (unpaired) electrons. The minimum atomic E-state index is -0.138. The summed E-state index contributed by atoms with van der Waals surface area (Å²) in [5.41, 5.74) is 3.71. The summed E-state index contributed by atoms with van der Waals surface area (Å²) in [6, 6.07) is 22.8. The molecule has 4 rings (SSSR count). The van der Waals surface area contributed by atoms with Gasteiger partial charge in [-0.15, -0.1) is 11.8 Å². The molecule has 0 unspecified atom stereocenters. The van der Waals surface area contributed by atoms with E-state index in [4.69, 9.17) is 4.42 Å². The molecule has 0 aliphatic carbocycles. The zero-order valence-electron chi connectivity index (χ0n) is 15.7. The molecule has 1 heterocycles. The number of nitrogens with one attached hydrogen (secondary N) is 1. The molecular weight excluding hydrogens is 368 g/mol. The highest BCUT2D eigenvalue weighted by Crippen LogP contribution is 2.27. The van der Waals surface area contributed by atoms with Crippen molar-refractivity contribution in [1.82, 2.24) is 4.98 Å².